The van der Waals surface area contributed by atoms with E-state index in [0.29, 0.717) is 25.3 Å². The fourth-order valence-electron chi connectivity index (χ4n) is 2.71. The number of pyridine rings is 1. The van der Waals surface area contributed by atoms with E-state index in [9.17, 15) is 9.18 Å². The Bertz CT molecular complexity index is 819. The third-order valence-corrected chi connectivity index (χ3v) is 4.09. The molecule has 0 aliphatic carbocycles. The minimum Gasteiger partial charge on any atom is -0.352 e. The molecule has 0 saturated carbocycles. The van der Waals surface area contributed by atoms with E-state index < -0.39 is 5.60 Å². The van der Waals surface area contributed by atoms with E-state index in [-0.39, 0.29) is 11.7 Å². The van der Waals surface area contributed by atoms with Crippen LogP contribution in [0.5, 0.6) is 0 Å². The Labute approximate surface area is 172 Å². The largest absolute Gasteiger partial charge is 0.352 e. The van der Waals surface area contributed by atoms with Crippen molar-refractivity contribution in [3.8, 4) is 0 Å². The molecular formula is C22H31FN4O2. The van der Waals surface area contributed by atoms with Crippen LogP contribution in [0.2, 0.25) is 0 Å². The van der Waals surface area contributed by atoms with Crippen LogP contribution in [0, 0.1) is 12.7 Å². The minimum atomic E-state index is -0.438. The summed E-state index contributed by atoms with van der Waals surface area (Å²) in [4.78, 5) is 23.8. The summed E-state index contributed by atoms with van der Waals surface area (Å²) >= 11 is 0. The molecule has 0 spiro atoms. The first-order chi connectivity index (χ1) is 13.5. The van der Waals surface area contributed by atoms with Gasteiger partial charge in [0.15, 0.2) is 0 Å². The number of rotatable bonds is 8. The van der Waals surface area contributed by atoms with Crippen molar-refractivity contribution < 1.29 is 14.0 Å². The van der Waals surface area contributed by atoms with Crippen molar-refractivity contribution in [1.29, 1.82) is 0 Å². The number of hydrogen-bond donors (Lipinski definition) is 1. The number of likely N-dealkylation sites (N-methyl/N-ethyl adjacent to an activating group) is 1. The van der Waals surface area contributed by atoms with Crippen LogP contribution in [0.3, 0.4) is 0 Å². The predicted molar refractivity (Wildman–Crippen MR) is 113 cm³/mol. The number of halogens is 1. The summed E-state index contributed by atoms with van der Waals surface area (Å²) in [6.07, 6.45) is 1.68. The van der Waals surface area contributed by atoms with Gasteiger partial charge in [-0.3, -0.25) is 14.6 Å². The summed E-state index contributed by atoms with van der Waals surface area (Å²) in [6.45, 7) is 10.8. The molecule has 0 unspecified atom stereocenters. The lowest BCUT2D eigenvalue weighted by Gasteiger charge is -2.30. The number of benzene rings is 1. The zero-order valence-corrected chi connectivity index (χ0v) is 18.1. The first kappa shape index (κ1) is 22.8. The summed E-state index contributed by atoms with van der Waals surface area (Å²) in [7, 11) is 1.95. The van der Waals surface area contributed by atoms with Crippen molar-refractivity contribution in [1.82, 2.24) is 14.9 Å². The third kappa shape index (κ3) is 7.79. The van der Waals surface area contributed by atoms with Gasteiger partial charge in [0.25, 0.3) is 0 Å². The number of carbonyl (C=O) groups is 1. The molecule has 0 aliphatic rings. The highest BCUT2D eigenvalue weighted by molar-refractivity contribution is 5.72. The number of nitrogens with one attached hydrogen (secondary N) is 1. The van der Waals surface area contributed by atoms with Crippen LogP contribution >= 0.6 is 0 Å². The Hall–Kier alpha value is -2.51. The van der Waals surface area contributed by atoms with Crippen molar-refractivity contribution in [3.05, 3.63) is 53.6 Å². The number of anilines is 2. The molecule has 0 radical (unpaired) electrons. The van der Waals surface area contributed by atoms with Gasteiger partial charge in [0.05, 0.1) is 29.7 Å². The lowest BCUT2D eigenvalue weighted by atomic mass is 10.1. The number of amides is 1. The molecule has 29 heavy (non-hydrogen) atoms. The summed E-state index contributed by atoms with van der Waals surface area (Å²) in [6, 6.07) is 8.75. The summed E-state index contributed by atoms with van der Waals surface area (Å²) in [5.74, 6) is -0.452. The molecule has 2 rings (SSSR count). The summed E-state index contributed by atoms with van der Waals surface area (Å²) in [5, 5.41) is 4.46. The molecule has 2 aromatic rings. The van der Waals surface area contributed by atoms with E-state index >= 15 is 0 Å². The average molecular weight is 403 g/mol. The van der Waals surface area contributed by atoms with Crippen LogP contribution in [0.15, 0.2) is 36.5 Å². The third-order valence-electron chi connectivity index (χ3n) is 4.09. The monoisotopic (exact) mass is 402 g/mol. The van der Waals surface area contributed by atoms with E-state index in [1.165, 1.54) is 18.1 Å². The standard InChI is InChI=1S/C22H31FN4O2/c1-16-7-9-19(14-24-16)25-21-13-18(8-10-20(21)23)15-26(6)11-12-27(17(2)28)29-22(3,4)5/h7-10,13-14,25H,11-12,15H2,1-6H3. The molecule has 1 amide bonds. The van der Waals surface area contributed by atoms with E-state index in [2.05, 4.69) is 15.2 Å². The molecule has 158 valence electrons. The van der Waals surface area contributed by atoms with Crippen molar-refractivity contribution >= 4 is 17.3 Å². The Balaban J connectivity index is 1.98. The van der Waals surface area contributed by atoms with Crippen molar-refractivity contribution in [3.63, 3.8) is 0 Å². The van der Waals surface area contributed by atoms with Gasteiger partial charge >= 0.3 is 0 Å². The molecule has 0 aliphatic heterocycles. The van der Waals surface area contributed by atoms with Crippen LogP contribution in [0.25, 0.3) is 0 Å². The van der Waals surface area contributed by atoms with Gasteiger partial charge < -0.3 is 10.2 Å². The fraction of sp³-hybridized carbons (Fsp3) is 0.455. The van der Waals surface area contributed by atoms with Gasteiger partial charge in [-0.05, 0) is 64.6 Å². The number of carbonyl (C=O) groups excluding carboxylic acids is 1. The van der Waals surface area contributed by atoms with Crippen molar-refractivity contribution in [2.45, 2.75) is 46.8 Å². The van der Waals surface area contributed by atoms with Crippen LogP contribution in [0.4, 0.5) is 15.8 Å². The Morgan fingerprint density at radius 2 is 1.93 bits per heavy atom. The molecule has 0 bridgehead atoms. The highest BCUT2D eigenvalue weighted by Gasteiger charge is 2.19. The number of hydroxylamine groups is 2. The van der Waals surface area contributed by atoms with Crippen LogP contribution in [-0.2, 0) is 16.2 Å². The molecule has 1 N–H and O–H groups in total. The zero-order chi connectivity index (χ0) is 21.6. The molecule has 0 saturated heterocycles. The Kier molecular flexibility index (Phi) is 7.70. The normalized spacial score (nSPS) is 11.6. The molecule has 1 aromatic heterocycles. The zero-order valence-electron chi connectivity index (χ0n) is 18.1. The Morgan fingerprint density at radius 1 is 1.21 bits per heavy atom. The fourth-order valence-corrected chi connectivity index (χ4v) is 2.71. The van der Waals surface area contributed by atoms with Gasteiger partial charge in [-0.1, -0.05) is 6.07 Å². The number of aryl methyl sites for hydroxylation is 1. The number of nitrogens with zero attached hydrogens (tertiary/aromatic N) is 3. The lowest BCUT2D eigenvalue weighted by molar-refractivity contribution is -0.226. The smallest absolute Gasteiger partial charge is 0.243 e. The second-order valence-corrected chi connectivity index (χ2v) is 8.19. The molecule has 1 aromatic carbocycles. The minimum absolute atomic E-state index is 0.131. The van der Waals surface area contributed by atoms with Gasteiger partial charge in [-0.25, -0.2) is 9.45 Å². The molecule has 1 heterocycles. The predicted octanol–water partition coefficient (Wildman–Crippen LogP) is 4.28. The maximum atomic E-state index is 14.2. The maximum absolute atomic E-state index is 14.2. The van der Waals surface area contributed by atoms with E-state index in [1.54, 1.807) is 18.3 Å². The van der Waals surface area contributed by atoms with E-state index in [0.717, 1.165) is 16.9 Å². The summed E-state index contributed by atoms with van der Waals surface area (Å²) in [5.41, 5.74) is 2.57. The first-order valence-corrected chi connectivity index (χ1v) is 9.67. The van der Waals surface area contributed by atoms with Gasteiger partial charge in [-0.15, -0.1) is 0 Å². The highest BCUT2D eigenvalue weighted by atomic mass is 19.1. The lowest BCUT2D eigenvalue weighted by Crippen LogP contribution is -2.41. The van der Waals surface area contributed by atoms with Crippen LogP contribution in [0.1, 0.15) is 39.0 Å². The number of aromatic nitrogens is 1. The highest BCUT2D eigenvalue weighted by Crippen LogP contribution is 2.22. The van der Waals surface area contributed by atoms with E-state index in [1.807, 2.05) is 46.9 Å². The quantitative estimate of drug-likeness (QED) is 0.668. The molecule has 0 atom stereocenters. The molecular weight excluding hydrogens is 371 g/mol. The topological polar surface area (TPSA) is 57.7 Å². The van der Waals surface area contributed by atoms with Gasteiger partial charge in [-0.2, -0.15) is 0 Å². The van der Waals surface area contributed by atoms with E-state index in [4.69, 9.17) is 4.84 Å². The van der Waals surface area contributed by atoms with Gasteiger partial charge in [0.2, 0.25) is 5.91 Å². The average Bonchev–Trinajstić information content (AvgIpc) is 2.62. The maximum Gasteiger partial charge on any atom is 0.243 e. The number of hydrogen-bond acceptors (Lipinski definition) is 5. The van der Waals surface area contributed by atoms with Crippen molar-refractivity contribution in [2.75, 3.05) is 25.5 Å². The molecule has 6 nitrogen and oxygen atoms in total. The second-order valence-electron chi connectivity index (χ2n) is 8.19. The van der Waals surface area contributed by atoms with Gasteiger partial charge in [0, 0.05) is 25.7 Å². The van der Waals surface area contributed by atoms with Crippen LogP contribution < -0.4 is 5.32 Å². The SMILES string of the molecule is CC(=O)N(CCN(C)Cc1ccc(F)c(Nc2ccc(C)nc2)c1)OC(C)(C)C. The molecule has 7 heteroatoms. The Morgan fingerprint density at radius 3 is 2.52 bits per heavy atom. The first-order valence-electron chi connectivity index (χ1n) is 9.67. The second kappa shape index (κ2) is 9.80. The summed E-state index contributed by atoms with van der Waals surface area (Å²) < 4.78 is 14.2. The van der Waals surface area contributed by atoms with Crippen LogP contribution in [-0.4, -0.2) is 46.6 Å². The van der Waals surface area contributed by atoms with Crippen molar-refractivity contribution in [2.24, 2.45) is 0 Å². The molecule has 0 fully saturated rings. The van der Waals surface area contributed by atoms with Gasteiger partial charge in [0.1, 0.15) is 5.82 Å².